The highest BCUT2D eigenvalue weighted by Crippen LogP contribution is 2.27. The van der Waals surface area contributed by atoms with Crippen LogP contribution in [0.4, 0.5) is 5.82 Å². The summed E-state index contributed by atoms with van der Waals surface area (Å²) in [5, 5.41) is 12.5. The van der Waals surface area contributed by atoms with Gasteiger partial charge in [0.25, 0.3) is 0 Å². The Kier molecular flexibility index (Phi) is 4.56. The number of hydrogen-bond acceptors (Lipinski definition) is 4. The molecular formula is C13H17BrN4. The number of nitrogens with zero attached hydrogens (tertiary/aromatic N) is 2. The summed E-state index contributed by atoms with van der Waals surface area (Å²) in [5.41, 5.74) is 6.38. The second kappa shape index (κ2) is 6.17. The van der Waals surface area contributed by atoms with E-state index in [4.69, 9.17) is 11.0 Å². The Bertz CT molecular complexity index is 455. The minimum absolute atomic E-state index is 0.338. The van der Waals surface area contributed by atoms with Crippen molar-refractivity contribution in [2.75, 3.05) is 11.9 Å². The van der Waals surface area contributed by atoms with Gasteiger partial charge >= 0.3 is 0 Å². The Morgan fingerprint density at radius 2 is 2.28 bits per heavy atom. The molecule has 2 atom stereocenters. The number of rotatable bonds is 3. The number of aromatic nitrogens is 1. The molecule has 0 aromatic carbocycles. The molecule has 4 nitrogen and oxygen atoms in total. The highest BCUT2D eigenvalue weighted by atomic mass is 79.9. The van der Waals surface area contributed by atoms with E-state index in [-0.39, 0.29) is 0 Å². The van der Waals surface area contributed by atoms with E-state index in [1.54, 1.807) is 12.3 Å². The molecule has 0 radical (unpaired) electrons. The molecule has 0 amide bonds. The predicted octanol–water partition coefficient (Wildman–Crippen LogP) is 2.65. The van der Waals surface area contributed by atoms with Crippen LogP contribution in [0.25, 0.3) is 0 Å². The molecule has 1 heterocycles. The van der Waals surface area contributed by atoms with Crippen LogP contribution in [0.3, 0.4) is 0 Å². The maximum atomic E-state index is 9.12. The predicted molar refractivity (Wildman–Crippen MR) is 75.1 cm³/mol. The third-order valence-electron chi connectivity index (χ3n) is 3.51. The maximum Gasteiger partial charge on any atom is 0.144 e. The molecule has 2 rings (SSSR count). The van der Waals surface area contributed by atoms with Gasteiger partial charge in [-0.15, -0.1) is 0 Å². The van der Waals surface area contributed by atoms with Crippen LogP contribution in [0.5, 0.6) is 0 Å². The zero-order valence-corrected chi connectivity index (χ0v) is 11.8. The highest BCUT2D eigenvalue weighted by molar-refractivity contribution is 9.10. The number of nitrogens with one attached hydrogen (secondary N) is 1. The van der Waals surface area contributed by atoms with E-state index in [0.717, 1.165) is 17.3 Å². The van der Waals surface area contributed by atoms with Gasteiger partial charge in [-0.05, 0) is 47.3 Å². The fourth-order valence-electron chi connectivity index (χ4n) is 2.49. The summed E-state index contributed by atoms with van der Waals surface area (Å²) in [7, 11) is 0. The van der Waals surface area contributed by atoms with E-state index < -0.39 is 0 Å². The minimum atomic E-state index is 0.338. The van der Waals surface area contributed by atoms with Crippen molar-refractivity contribution in [3.63, 3.8) is 0 Å². The molecule has 1 aliphatic rings. The van der Waals surface area contributed by atoms with Crippen molar-refractivity contribution < 1.29 is 0 Å². The van der Waals surface area contributed by atoms with Crippen molar-refractivity contribution in [3.8, 4) is 6.07 Å². The van der Waals surface area contributed by atoms with Crippen molar-refractivity contribution in [2.45, 2.75) is 31.7 Å². The number of nitrogens with two attached hydrogens (primary N) is 1. The van der Waals surface area contributed by atoms with Gasteiger partial charge in [0, 0.05) is 16.7 Å². The van der Waals surface area contributed by atoms with E-state index in [0.29, 0.717) is 29.9 Å². The Morgan fingerprint density at radius 1 is 1.50 bits per heavy atom. The molecule has 96 valence electrons. The van der Waals surface area contributed by atoms with Crippen LogP contribution in [0.2, 0.25) is 0 Å². The highest BCUT2D eigenvalue weighted by Gasteiger charge is 2.24. The molecule has 5 heteroatoms. The van der Waals surface area contributed by atoms with Crippen LogP contribution in [0, 0.1) is 17.2 Å². The van der Waals surface area contributed by atoms with Crippen molar-refractivity contribution in [2.24, 2.45) is 11.7 Å². The molecular weight excluding hydrogens is 292 g/mol. The molecule has 1 aromatic heterocycles. The summed E-state index contributed by atoms with van der Waals surface area (Å²) in [6.45, 7) is 0.691. The quantitative estimate of drug-likeness (QED) is 0.900. The van der Waals surface area contributed by atoms with Gasteiger partial charge < -0.3 is 11.1 Å². The lowest BCUT2D eigenvalue weighted by Crippen LogP contribution is -2.37. The van der Waals surface area contributed by atoms with E-state index in [1.807, 2.05) is 0 Å². The van der Waals surface area contributed by atoms with E-state index >= 15 is 0 Å². The molecule has 0 spiro atoms. The molecule has 3 N–H and O–H groups in total. The number of pyridine rings is 1. The molecule has 1 saturated carbocycles. The molecule has 0 saturated heterocycles. The minimum Gasteiger partial charge on any atom is -0.366 e. The number of halogens is 1. The summed E-state index contributed by atoms with van der Waals surface area (Å²) < 4.78 is 0.823. The van der Waals surface area contributed by atoms with Gasteiger partial charge in [0.15, 0.2) is 0 Å². The molecule has 1 fully saturated rings. The molecule has 0 bridgehead atoms. The fraction of sp³-hybridized carbons (Fsp3) is 0.538. The lowest BCUT2D eigenvalue weighted by Gasteiger charge is -2.31. The number of hydrogen-bond donors (Lipinski definition) is 2. The third kappa shape index (κ3) is 3.01. The van der Waals surface area contributed by atoms with Gasteiger partial charge in [0.1, 0.15) is 11.9 Å². The Hall–Kier alpha value is -1.12. The standard InChI is InChI=1S/C13H17BrN4/c14-11-5-10(7-16)13(17-8-11)18-12-4-2-1-3-9(12)6-15/h5,8-9,12H,1-4,6,15H2,(H,17,18). The van der Waals surface area contributed by atoms with Gasteiger partial charge in [-0.2, -0.15) is 5.26 Å². The monoisotopic (exact) mass is 308 g/mol. The van der Waals surface area contributed by atoms with E-state index in [2.05, 4.69) is 32.3 Å². The Balaban J connectivity index is 2.15. The van der Waals surface area contributed by atoms with Crippen LogP contribution in [-0.2, 0) is 0 Å². The van der Waals surface area contributed by atoms with E-state index in [9.17, 15) is 0 Å². The molecule has 2 unspecified atom stereocenters. The summed E-state index contributed by atoms with van der Waals surface area (Å²) in [6, 6.07) is 4.30. The second-order valence-corrected chi connectivity index (χ2v) is 5.61. The Morgan fingerprint density at radius 3 is 3.00 bits per heavy atom. The van der Waals surface area contributed by atoms with Gasteiger partial charge in [-0.1, -0.05) is 12.8 Å². The van der Waals surface area contributed by atoms with E-state index in [1.165, 1.54) is 12.8 Å². The number of anilines is 1. The first-order chi connectivity index (χ1) is 8.74. The summed E-state index contributed by atoms with van der Waals surface area (Å²) in [4.78, 5) is 4.29. The first-order valence-electron chi connectivity index (χ1n) is 6.27. The van der Waals surface area contributed by atoms with Crippen molar-refractivity contribution in [3.05, 3.63) is 22.3 Å². The topological polar surface area (TPSA) is 74.7 Å². The lowest BCUT2D eigenvalue weighted by molar-refractivity contribution is 0.332. The summed E-state index contributed by atoms with van der Waals surface area (Å²) in [6.07, 6.45) is 6.44. The molecule has 1 aromatic rings. The van der Waals surface area contributed by atoms with Crippen LogP contribution in [0.15, 0.2) is 16.7 Å². The molecule has 1 aliphatic carbocycles. The van der Waals surface area contributed by atoms with Gasteiger partial charge in [0.2, 0.25) is 0 Å². The second-order valence-electron chi connectivity index (χ2n) is 4.69. The largest absolute Gasteiger partial charge is 0.366 e. The first-order valence-corrected chi connectivity index (χ1v) is 7.06. The van der Waals surface area contributed by atoms with Gasteiger partial charge in [0.05, 0.1) is 5.56 Å². The van der Waals surface area contributed by atoms with Crippen LogP contribution >= 0.6 is 15.9 Å². The van der Waals surface area contributed by atoms with Crippen LogP contribution in [0.1, 0.15) is 31.2 Å². The van der Waals surface area contributed by atoms with Crippen LogP contribution in [-0.4, -0.2) is 17.6 Å². The molecule has 0 aliphatic heterocycles. The Labute approximate surface area is 116 Å². The van der Waals surface area contributed by atoms with Crippen molar-refractivity contribution in [1.29, 1.82) is 5.26 Å². The van der Waals surface area contributed by atoms with Gasteiger partial charge in [-0.25, -0.2) is 4.98 Å². The first kappa shape index (κ1) is 13.3. The van der Waals surface area contributed by atoms with Crippen molar-refractivity contribution in [1.82, 2.24) is 4.98 Å². The molecule has 18 heavy (non-hydrogen) atoms. The number of nitriles is 1. The normalized spacial score (nSPS) is 23.4. The van der Waals surface area contributed by atoms with Crippen molar-refractivity contribution >= 4 is 21.7 Å². The van der Waals surface area contributed by atoms with Crippen LogP contribution < -0.4 is 11.1 Å². The summed E-state index contributed by atoms with van der Waals surface area (Å²) in [5.74, 6) is 1.15. The summed E-state index contributed by atoms with van der Waals surface area (Å²) >= 11 is 3.33. The smallest absolute Gasteiger partial charge is 0.144 e. The SMILES string of the molecule is N#Cc1cc(Br)cnc1NC1CCCCC1CN. The maximum absolute atomic E-state index is 9.12. The lowest BCUT2D eigenvalue weighted by atomic mass is 9.84. The average molecular weight is 309 g/mol. The average Bonchev–Trinajstić information content (AvgIpc) is 2.41. The fourth-order valence-corrected chi connectivity index (χ4v) is 2.83. The zero-order chi connectivity index (χ0) is 13.0. The zero-order valence-electron chi connectivity index (χ0n) is 10.2. The third-order valence-corrected chi connectivity index (χ3v) is 3.94. The van der Waals surface area contributed by atoms with Gasteiger partial charge in [-0.3, -0.25) is 0 Å².